The molecular weight excluding hydrogens is 304 g/mol. The summed E-state index contributed by atoms with van der Waals surface area (Å²) in [6.45, 7) is 2.13. The van der Waals surface area contributed by atoms with Crippen LogP contribution in [0.3, 0.4) is 0 Å². The lowest BCUT2D eigenvalue weighted by Crippen LogP contribution is -2.45. The van der Waals surface area contributed by atoms with Crippen molar-refractivity contribution in [2.75, 3.05) is 19.6 Å². The predicted octanol–water partition coefficient (Wildman–Crippen LogP) is 1.70. The third-order valence-electron chi connectivity index (χ3n) is 4.92. The molecule has 2 aliphatic rings. The molecule has 0 aliphatic carbocycles. The van der Waals surface area contributed by atoms with Crippen LogP contribution in [0, 0.1) is 0 Å². The van der Waals surface area contributed by atoms with E-state index < -0.39 is 0 Å². The number of nitrogens with zero attached hydrogens (tertiary/aromatic N) is 4. The van der Waals surface area contributed by atoms with Crippen molar-refractivity contribution in [1.82, 2.24) is 19.4 Å². The molecule has 0 saturated carbocycles. The number of imidazole rings is 1. The van der Waals surface area contributed by atoms with E-state index in [0.29, 0.717) is 13.1 Å². The molecule has 1 aromatic heterocycles. The van der Waals surface area contributed by atoms with E-state index in [1.54, 1.807) is 17.4 Å². The highest BCUT2D eigenvalue weighted by molar-refractivity contribution is 6.00. The average molecular weight is 324 g/mol. The Hall–Kier alpha value is -2.63. The maximum atomic E-state index is 12.7. The second kappa shape index (κ2) is 6.11. The first-order valence-electron chi connectivity index (χ1n) is 8.35. The van der Waals surface area contributed by atoms with Crippen LogP contribution in [0.2, 0.25) is 0 Å². The fourth-order valence-electron chi connectivity index (χ4n) is 3.62. The molecule has 0 bridgehead atoms. The van der Waals surface area contributed by atoms with Crippen LogP contribution in [-0.4, -0.2) is 50.8 Å². The molecule has 6 nitrogen and oxygen atoms in total. The standard InChI is InChI=1S/C18H20N4O2/c23-17(12-22-10-14-4-1-2-6-16(14)18(22)24)20-8-3-5-15(11-20)21-9-7-19-13-21/h1-2,4,6-7,9,13,15H,3,5,8,10-12H2/t15-/m0/s1. The van der Waals surface area contributed by atoms with Gasteiger partial charge in [0.25, 0.3) is 5.91 Å². The summed E-state index contributed by atoms with van der Waals surface area (Å²) in [6.07, 6.45) is 7.54. The van der Waals surface area contributed by atoms with Crippen molar-refractivity contribution in [3.63, 3.8) is 0 Å². The molecule has 2 aromatic rings. The molecule has 1 atom stereocenters. The third kappa shape index (κ3) is 2.68. The van der Waals surface area contributed by atoms with Crippen LogP contribution >= 0.6 is 0 Å². The fourth-order valence-corrected chi connectivity index (χ4v) is 3.62. The van der Waals surface area contributed by atoms with Gasteiger partial charge in [-0.1, -0.05) is 18.2 Å². The zero-order chi connectivity index (χ0) is 16.5. The van der Waals surface area contributed by atoms with Gasteiger partial charge >= 0.3 is 0 Å². The van der Waals surface area contributed by atoms with Crippen molar-refractivity contribution in [1.29, 1.82) is 0 Å². The van der Waals surface area contributed by atoms with Crippen LogP contribution in [0.5, 0.6) is 0 Å². The van der Waals surface area contributed by atoms with Crippen LogP contribution in [0.4, 0.5) is 0 Å². The minimum absolute atomic E-state index is 0.0287. The first-order chi connectivity index (χ1) is 11.7. The normalized spacial score (nSPS) is 20.3. The van der Waals surface area contributed by atoms with Gasteiger partial charge in [0.05, 0.1) is 12.4 Å². The number of hydrogen-bond acceptors (Lipinski definition) is 3. The summed E-state index contributed by atoms with van der Waals surface area (Å²) in [5.74, 6) is -0.0110. The van der Waals surface area contributed by atoms with Crippen LogP contribution in [-0.2, 0) is 11.3 Å². The Morgan fingerprint density at radius 2 is 2.17 bits per heavy atom. The smallest absolute Gasteiger partial charge is 0.254 e. The van der Waals surface area contributed by atoms with Crippen LogP contribution in [0.25, 0.3) is 0 Å². The molecule has 4 rings (SSSR count). The van der Waals surface area contributed by atoms with Crippen molar-refractivity contribution < 1.29 is 9.59 Å². The first-order valence-corrected chi connectivity index (χ1v) is 8.35. The van der Waals surface area contributed by atoms with Gasteiger partial charge in [-0.15, -0.1) is 0 Å². The number of aromatic nitrogens is 2. The van der Waals surface area contributed by atoms with Gasteiger partial charge in [0, 0.05) is 37.6 Å². The fraction of sp³-hybridized carbons (Fsp3) is 0.389. The first kappa shape index (κ1) is 14.9. The van der Waals surface area contributed by atoms with Gasteiger partial charge in [-0.05, 0) is 24.5 Å². The van der Waals surface area contributed by atoms with Gasteiger partial charge in [-0.25, -0.2) is 4.98 Å². The largest absolute Gasteiger partial charge is 0.339 e. The van der Waals surface area contributed by atoms with Crippen molar-refractivity contribution in [2.45, 2.75) is 25.4 Å². The maximum Gasteiger partial charge on any atom is 0.254 e. The second-order valence-corrected chi connectivity index (χ2v) is 6.46. The highest BCUT2D eigenvalue weighted by Gasteiger charge is 2.31. The van der Waals surface area contributed by atoms with E-state index in [4.69, 9.17) is 0 Å². The molecule has 0 spiro atoms. The Morgan fingerprint density at radius 3 is 2.96 bits per heavy atom. The lowest BCUT2D eigenvalue weighted by molar-refractivity contribution is -0.133. The maximum absolute atomic E-state index is 12.7. The summed E-state index contributed by atoms with van der Waals surface area (Å²) in [7, 11) is 0. The Bertz CT molecular complexity index is 756. The second-order valence-electron chi connectivity index (χ2n) is 6.46. The number of carbonyl (C=O) groups excluding carboxylic acids is 2. The lowest BCUT2D eigenvalue weighted by Gasteiger charge is -2.34. The highest BCUT2D eigenvalue weighted by Crippen LogP contribution is 2.24. The van der Waals surface area contributed by atoms with E-state index in [1.165, 1.54) is 0 Å². The molecule has 1 fully saturated rings. The van der Waals surface area contributed by atoms with Crippen LogP contribution in [0.15, 0.2) is 43.0 Å². The number of carbonyl (C=O) groups is 2. The van der Waals surface area contributed by atoms with E-state index >= 15 is 0 Å². The molecule has 0 unspecified atom stereocenters. The zero-order valence-corrected chi connectivity index (χ0v) is 13.5. The molecule has 1 aromatic carbocycles. The minimum atomic E-state index is -0.0397. The quantitative estimate of drug-likeness (QED) is 0.863. The predicted molar refractivity (Wildman–Crippen MR) is 88.3 cm³/mol. The molecule has 124 valence electrons. The average Bonchev–Trinajstić information content (AvgIpc) is 3.25. The summed E-state index contributed by atoms with van der Waals surface area (Å²) in [5, 5.41) is 0. The van der Waals surface area contributed by atoms with Gasteiger partial charge in [0.15, 0.2) is 0 Å². The molecule has 2 amide bonds. The van der Waals surface area contributed by atoms with E-state index in [1.807, 2.05) is 35.4 Å². The molecule has 0 N–H and O–H groups in total. The van der Waals surface area contributed by atoms with Crippen molar-refractivity contribution in [3.8, 4) is 0 Å². The number of benzene rings is 1. The molecular formula is C18H20N4O2. The number of rotatable bonds is 3. The molecule has 0 radical (unpaired) electrons. The summed E-state index contributed by atoms with van der Waals surface area (Å²) < 4.78 is 2.07. The number of amides is 2. The van der Waals surface area contributed by atoms with E-state index in [0.717, 1.165) is 30.5 Å². The Morgan fingerprint density at radius 1 is 1.29 bits per heavy atom. The van der Waals surface area contributed by atoms with Crippen LogP contribution < -0.4 is 0 Å². The summed E-state index contributed by atoms with van der Waals surface area (Å²) in [6, 6.07) is 7.85. The Balaban J connectivity index is 1.41. The van der Waals surface area contributed by atoms with Crippen molar-refractivity contribution >= 4 is 11.8 Å². The van der Waals surface area contributed by atoms with Gasteiger partial charge in [0.1, 0.15) is 6.54 Å². The molecule has 2 aliphatic heterocycles. The van der Waals surface area contributed by atoms with Gasteiger partial charge in [-0.2, -0.15) is 0 Å². The molecule has 6 heteroatoms. The SMILES string of the molecule is O=C(CN1Cc2ccccc2C1=O)N1CCC[C@H](n2ccnc2)C1. The van der Waals surface area contributed by atoms with E-state index in [-0.39, 0.29) is 24.4 Å². The monoisotopic (exact) mass is 324 g/mol. The van der Waals surface area contributed by atoms with E-state index in [9.17, 15) is 9.59 Å². The topological polar surface area (TPSA) is 58.4 Å². The lowest BCUT2D eigenvalue weighted by atomic mass is 10.1. The highest BCUT2D eigenvalue weighted by atomic mass is 16.2. The van der Waals surface area contributed by atoms with Crippen molar-refractivity contribution in [3.05, 3.63) is 54.1 Å². The van der Waals surface area contributed by atoms with Gasteiger partial charge in [0.2, 0.25) is 5.91 Å². The number of likely N-dealkylation sites (tertiary alicyclic amines) is 1. The summed E-state index contributed by atoms with van der Waals surface area (Å²) in [4.78, 5) is 32.7. The Labute approximate surface area is 140 Å². The molecule has 3 heterocycles. The third-order valence-corrected chi connectivity index (χ3v) is 4.92. The van der Waals surface area contributed by atoms with Crippen LogP contribution in [0.1, 0.15) is 34.8 Å². The van der Waals surface area contributed by atoms with Crippen molar-refractivity contribution in [2.24, 2.45) is 0 Å². The zero-order valence-electron chi connectivity index (χ0n) is 13.5. The molecule has 24 heavy (non-hydrogen) atoms. The minimum Gasteiger partial charge on any atom is -0.339 e. The number of hydrogen-bond donors (Lipinski definition) is 0. The summed E-state index contributed by atoms with van der Waals surface area (Å²) in [5.41, 5.74) is 1.73. The Kier molecular flexibility index (Phi) is 3.80. The van der Waals surface area contributed by atoms with E-state index in [2.05, 4.69) is 9.55 Å². The van der Waals surface area contributed by atoms with Gasteiger partial charge in [-0.3, -0.25) is 9.59 Å². The molecule has 1 saturated heterocycles. The summed E-state index contributed by atoms with van der Waals surface area (Å²) >= 11 is 0. The number of piperidine rings is 1. The number of fused-ring (bicyclic) bond motifs is 1. The van der Waals surface area contributed by atoms with Gasteiger partial charge < -0.3 is 14.4 Å².